The fraction of sp³-hybridized carbons (Fsp3) is 0.316. The summed E-state index contributed by atoms with van der Waals surface area (Å²) in [7, 11) is 1.57. The highest BCUT2D eigenvalue weighted by molar-refractivity contribution is 5.68. The molecular formula is C19H21NO5. The van der Waals surface area contributed by atoms with Crippen molar-refractivity contribution < 1.29 is 24.1 Å². The number of hydrogen-bond acceptors (Lipinski definition) is 5. The van der Waals surface area contributed by atoms with Gasteiger partial charge in [-0.15, -0.1) is 0 Å². The summed E-state index contributed by atoms with van der Waals surface area (Å²) in [6.45, 7) is 1.85. The molecule has 1 amide bonds. The number of rotatable bonds is 4. The second-order valence-corrected chi connectivity index (χ2v) is 5.88. The molecule has 6 heteroatoms. The third kappa shape index (κ3) is 3.45. The van der Waals surface area contributed by atoms with E-state index >= 15 is 0 Å². The van der Waals surface area contributed by atoms with Crippen molar-refractivity contribution in [3.8, 4) is 5.75 Å². The van der Waals surface area contributed by atoms with Crippen molar-refractivity contribution in [1.29, 1.82) is 0 Å². The first-order valence-electron chi connectivity index (χ1n) is 8.03. The summed E-state index contributed by atoms with van der Waals surface area (Å²) >= 11 is 0. The maximum Gasteiger partial charge on any atom is 0.412 e. The second-order valence-electron chi connectivity index (χ2n) is 5.88. The Labute approximate surface area is 146 Å². The SMILES string of the molecule is COc1ccc(C2(O)OCN(C(=O)OCc3ccccc3)C2C)cc1. The van der Waals surface area contributed by atoms with Gasteiger partial charge < -0.3 is 19.3 Å². The van der Waals surface area contributed by atoms with Gasteiger partial charge in [0, 0.05) is 5.56 Å². The van der Waals surface area contributed by atoms with Crippen molar-refractivity contribution in [2.45, 2.75) is 25.4 Å². The van der Waals surface area contributed by atoms with Crippen molar-refractivity contribution in [3.63, 3.8) is 0 Å². The number of aliphatic hydroxyl groups is 1. The number of amides is 1. The zero-order valence-electron chi connectivity index (χ0n) is 14.2. The molecule has 1 aliphatic rings. The Morgan fingerprint density at radius 3 is 2.56 bits per heavy atom. The Bertz CT molecular complexity index is 718. The lowest BCUT2D eigenvalue weighted by atomic mass is 9.99. The van der Waals surface area contributed by atoms with Crippen molar-refractivity contribution >= 4 is 6.09 Å². The summed E-state index contributed by atoms with van der Waals surface area (Å²) in [6.07, 6.45) is -0.527. The smallest absolute Gasteiger partial charge is 0.412 e. The van der Waals surface area contributed by atoms with Gasteiger partial charge in [-0.3, -0.25) is 4.90 Å². The molecule has 0 saturated carbocycles. The summed E-state index contributed by atoms with van der Waals surface area (Å²) < 4.78 is 16.0. The van der Waals surface area contributed by atoms with Gasteiger partial charge in [-0.25, -0.2) is 4.79 Å². The predicted octanol–water partition coefficient (Wildman–Crippen LogP) is 2.86. The standard InChI is InChI=1S/C19H21NO5/c1-14-19(22,16-8-10-17(23-2)11-9-16)25-13-20(14)18(21)24-12-15-6-4-3-5-7-15/h3-11,14,22H,12-13H2,1-2H3. The minimum atomic E-state index is -1.59. The highest BCUT2D eigenvalue weighted by atomic mass is 16.7. The van der Waals surface area contributed by atoms with E-state index in [1.54, 1.807) is 38.3 Å². The van der Waals surface area contributed by atoms with Gasteiger partial charge in [0.15, 0.2) is 0 Å². The monoisotopic (exact) mass is 343 g/mol. The Hall–Kier alpha value is -2.57. The molecule has 132 valence electrons. The molecule has 6 nitrogen and oxygen atoms in total. The van der Waals surface area contributed by atoms with Crippen molar-refractivity contribution in [2.24, 2.45) is 0 Å². The Morgan fingerprint density at radius 2 is 1.92 bits per heavy atom. The van der Waals surface area contributed by atoms with E-state index < -0.39 is 17.9 Å². The van der Waals surface area contributed by atoms with Crippen LogP contribution in [0, 0.1) is 0 Å². The van der Waals surface area contributed by atoms with E-state index in [0.717, 1.165) is 5.56 Å². The Kier molecular flexibility index (Phi) is 4.92. The van der Waals surface area contributed by atoms with Crippen molar-refractivity contribution in [1.82, 2.24) is 4.90 Å². The topological polar surface area (TPSA) is 68.2 Å². The van der Waals surface area contributed by atoms with Gasteiger partial charge in [0.1, 0.15) is 19.1 Å². The Balaban J connectivity index is 1.67. The van der Waals surface area contributed by atoms with Gasteiger partial charge >= 0.3 is 6.09 Å². The van der Waals surface area contributed by atoms with Crippen LogP contribution in [-0.2, 0) is 21.9 Å². The van der Waals surface area contributed by atoms with Crippen LogP contribution in [0.1, 0.15) is 18.1 Å². The molecule has 1 aliphatic heterocycles. The second kappa shape index (κ2) is 7.13. The van der Waals surface area contributed by atoms with E-state index in [9.17, 15) is 9.90 Å². The molecule has 1 fully saturated rings. The van der Waals surface area contributed by atoms with Crippen LogP contribution >= 0.6 is 0 Å². The molecule has 3 rings (SSSR count). The molecule has 2 atom stereocenters. The lowest BCUT2D eigenvalue weighted by Crippen LogP contribution is -2.43. The largest absolute Gasteiger partial charge is 0.497 e. The number of carbonyl (C=O) groups excluding carboxylic acids is 1. The summed E-state index contributed by atoms with van der Waals surface area (Å²) in [6, 6.07) is 15.7. The lowest BCUT2D eigenvalue weighted by Gasteiger charge is -2.28. The van der Waals surface area contributed by atoms with Gasteiger partial charge in [-0.1, -0.05) is 30.3 Å². The summed E-state index contributed by atoms with van der Waals surface area (Å²) in [5.41, 5.74) is 1.45. The molecule has 1 saturated heterocycles. The fourth-order valence-electron chi connectivity index (χ4n) is 2.78. The Morgan fingerprint density at radius 1 is 1.24 bits per heavy atom. The molecule has 0 radical (unpaired) electrons. The van der Waals surface area contributed by atoms with E-state index in [-0.39, 0.29) is 13.3 Å². The highest BCUT2D eigenvalue weighted by Crippen LogP contribution is 2.36. The lowest BCUT2D eigenvalue weighted by molar-refractivity contribution is -0.185. The molecule has 2 aromatic carbocycles. The number of hydrogen-bond donors (Lipinski definition) is 1. The maximum absolute atomic E-state index is 12.3. The van der Waals surface area contributed by atoms with Crippen LogP contribution in [0.4, 0.5) is 4.79 Å². The number of ether oxygens (including phenoxy) is 3. The average Bonchev–Trinajstić information content (AvgIpc) is 2.97. The minimum absolute atomic E-state index is 0.0443. The zero-order valence-corrected chi connectivity index (χ0v) is 14.2. The van der Waals surface area contributed by atoms with Gasteiger partial charge in [-0.2, -0.15) is 0 Å². The van der Waals surface area contributed by atoms with Crippen LogP contribution in [0.2, 0.25) is 0 Å². The number of carbonyl (C=O) groups is 1. The van der Waals surface area contributed by atoms with E-state index in [4.69, 9.17) is 14.2 Å². The number of nitrogens with zero attached hydrogens (tertiary/aromatic N) is 1. The highest BCUT2D eigenvalue weighted by Gasteiger charge is 2.48. The molecule has 0 aromatic heterocycles. The van der Waals surface area contributed by atoms with Gasteiger partial charge in [-0.05, 0) is 36.8 Å². The third-order valence-electron chi connectivity index (χ3n) is 4.40. The first-order chi connectivity index (χ1) is 12.0. The van der Waals surface area contributed by atoms with Gasteiger partial charge in [0.05, 0.1) is 13.2 Å². The van der Waals surface area contributed by atoms with Crippen LogP contribution in [0.25, 0.3) is 0 Å². The normalized spacial score (nSPS) is 22.7. The molecular weight excluding hydrogens is 322 g/mol. The van der Waals surface area contributed by atoms with Crippen LogP contribution in [-0.4, -0.2) is 36.0 Å². The summed E-state index contributed by atoms with van der Waals surface area (Å²) in [4.78, 5) is 13.7. The molecule has 1 heterocycles. The predicted molar refractivity (Wildman–Crippen MR) is 90.8 cm³/mol. The fourth-order valence-corrected chi connectivity index (χ4v) is 2.78. The van der Waals surface area contributed by atoms with Gasteiger partial charge in [0.2, 0.25) is 5.79 Å². The van der Waals surface area contributed by atoms with E-state index in [1.807, 2.05) is 30.3 Å². The summed E-state index contributed by atoms with van der Waals surface area (Å²) in [5.74, 6) is -0.907. The molecule has 2 aromatic rings. The van der Waals surface area contributed by atoms with Crippen molar-refractivity contribution in [2.75, 3.05) is 13.8 Å². The van der Waals surface area contributed by atoms with Crippen molar-refractivity contribution in [3.05, 3.63) is 65.7 Å². The van der Waals surface area contributed by atoms with Crippen LogP contribution < -0.4 is 4.74 Å². The molecule has 0 aliphatic carbocycles. The number of methoxy groups -OCH3 is 1. The first-order valence-corrected chi connectivity index (χ1v) is 8.03. The van der Waals surface area contributed by atoms with E-state index in [0.29, 0.717) is 11.3 Å². The third-order valence-corrected chi connectivity index (χ3v) is 4.40. The summed E-state index contributed by atoms with van der Waals surface area (Å²) in [5, 5.41) is 10.9. The molecule has 25 heavy (non-hydrogen) atoms. The minimum Gasteiger partial charge on any atom is -0.497 e. The molecule has 0 spiro atoms. The van der Waals surface area contributed by atoms with Crippen LogP contribution in [0.3, 0.4) is 0 Å². The number of benzene rings is 2. The first kappa shape index (κ1) is 17.3. The maximum atomic E-state index is 12.3. The molecule has 0 bridgehead atoms. The van der Waals surface area contributed by atoms with Crippen LogP contribution in [0.15, 0.2) is 54.6 Å². The van der Waals surface area contributed by atoms with E-state index in [2.05, 4.69) is 0 Å². The van der Waals surface area contributed by atoms with E-state index in [1.165, 1.54) is 4.90 Å². The molecule has 1 N–H and O–H groups in total. The van der Waals surface area contributed by atoms with Gasteiger partial charge in [0.25, 0.3) is 0 Å². The quantitative estimate of drug-likeness (QED) is 0.924. The molecule has 2 unspecified atom stereocenters. The average molecular weight is 343 g/mol. The van der Waals surface area contributed by atoms with Crippen LogP contribution in [0.5, 0.6) is 5.75 Å². The zero-order chi connectivity index (χ0) is 17.9.